The molecular formula is C15H20ClNO2. The molecule has 0 heterocycles. The smallest absolute Gasteiger partial charge is 0.407 e. The van der Waals surface area contributed by atoms with Gasteiger partial charge in [-0.2, -0.15) is 0 Å². The quantitative estimate of drug-likeness (QED) is 0.902. The number of carbonyl (C=O) groups is 1. The Hall–Kier alpha value is -1.48. The van der Waals surface area contributed by atoms with Crippen molar-refractivity contribution < 1.29 is 9.53 Å². The molecule has 1 aromatic carbocycles. The summed E-state index contributed by atoms with van der Waals surface area (Å²) in [6.07, 6.45) is 3.34. The Morgan fingerprint density at radius 2 is 2.11 bits per heavy atom. The van der Waals surface area contributed by atoms with Crippen LogP contribution < -0.4 is 5.32 Å². The Bertz CT molecular complexity index is 476. The third-order valence-corrected chi connectivity index (χ3v) is 2.68. The summed E-state index contributed by atoms with van der Waals surface area (Å²) in [4.78, 5) is 11.4. The molecule has 104 valence electrons. The number of hydrogen-bond donors (Lipinski definition) is 1. The summed E-state index contributed by atoms with van der Waals surface area (Å²) in [7, 11) is 0. The number of ether oxygens (including phenoxy) is 1. The second-order valence-corrected chi connectivity index (χ2v) is 5.70. The molecule has 0 saturated carbocycles. The molecule has 0 saturated heterocycles. The highest BCUT2D eigenvalue weighted by Crippen LogP contribution is 2.17. The Morgan fingerprint density at radius 1 is 1.42 bits per heavy atom. The molecule has 0 aliphatic heterocycles. The number of nitrogens with one attached hydrogen (secondary N) is 1. The summed E-state index contributed by atoms with van der Waals surface area (Å²) >= 11 is 6.03. The predicted octanol–water partition coefficient (Wildman–Crippen LogP) is 4.19. The van der Waals surface area contributed by atoms with Crippen LogP contribution in [0.5, 0.6) is 0 Å². The van der Waals surface area contributed by atoms with E-state index in [1.54, 1.807) is 0 Å². The zero-order valence-corrected chi connectivity index (χ0v) is 12.5. The lowest BCUT2D eigenvalue weighted by Crippen LogP contribution is -2.32. The summed E-state index contributed by atoms with van der Waals surface area (Å²) in [5.74, 6) is 0. The Kier molecular flexibility index (Phi) is 5.43. The number of halogens is 1. The number of carbonyl (C=O) groups excluding carboxylic acids is 1. The molecular weight excluding hydrogens is 262 g/mol. The van der Waals surface area contributed by atoms with Gasteiger partial charge in [0, 0.05) is 11.6 Å². The van der Waals surface area contributed by atoms with Crippen LogP contribution in [0.25, 0.3) is 6.08 Å². The SMILES string of the molecule is Cc1ccc(C=CCNC(=O)OC(C)(C)C)cc1Cl. The molecule has 1 N–H and O–H groups in total. The van der Waals surface area contributed by atoms with Crippen LogP contribution in [0.4, 0.5) is 4.79 Å². The van der Waals surface area contributed by atoms with Crippen LogP contribution in [0.2, 0.25) is 5.02 Å². The van der Waals surface area contributed by atoms with Crippen LogP contribution in [0, 0.1) is 6.92 Å². The van der Waals surface area contributed by atoms with Crippen molar-refractivity contribution in [2.45, 2.75) is 33.3 Å². The summed E-state index contributed by atoms with van der Waals surface area (Å²) < 4.78 is 5.12. The highest BCUT2D eigenvalue weighted by Gasteiger charge is 2.14. The van der Waals surface area contributed by atoms with Gasteiger partial charge in [0.15, 0.2) is 0 Å². The first-order chi connectivity index (χ1) is 8.78. The van der Waals surface area contributed by atoms with Gasteiger partial charge in [-0.25, -0.2) is 4.79 Å². The Balaban J connectivity index is 2.42. The lowest BCUT2D eigenvalue weighted by Gasteiger charge is -2.19. The maximum Gasteiger partial charge on any atom is 0.407 e. The van der Waals surface area contributed by atoms with Crippen LogP contribution in [0.3, 0.4) is 0 Å². The van der Waals surface area contributed by atoms with Crippen LogP contribution in [0.15, 0.2) is 24.3 Å². The summed E-state index contributed by atoms with van der Waals surface area (Å²) in [5.41, 5.74) is 1.57. The molecule has 0 unspecified atom stereocenters. The first-order valence-electron chi connectivity index (χ1n) is 6.17. The van der Waals surface area contributed by atoms with E-state index >= 15 is 0 Å². The number of amides is 1. The van der Waals surface area contributed by atoms with Gasteiger partial charge in [0.05, 0.1) is 0 Å². The average molecular weight is 282 g/mol. The van der Waals surface area contributed by atoms with Gasteiger partial charge in [0.2, 0.25) is 0 Å². The first kappa shape index (κ1) is 15.6. The van der Waals surface area contributed by atoms with Crippen molar-refractivity contribution in [1.29, 1.82) is 0 Å². The van der Waals surface area contributed by atoms with Crippen LogP contribution in [-0.2, 0) is 4.74 Å². The molecule has 1 amide bonds. The molecule has 19 heavy (non-hydrogen) atoms. The number of rotatable bonds is 3. The van der Waals surface area contributed by atoms with Gasteiger partial charge in [0.1, 0.15) is 5.60 Å². The number of hydrogen-bond acceptors (Lipinski definition) is 2. The van der Waals surface area contributed by atoms with Crippen LogP contribution in [0.1, 0.15) is 31.9 Å². The molecule has 0 aliphatic rings. The lowest BCUT2D eigenvalue weighted by molar-refractivity contribution is 0.0534. The van der Waals surface area contributed by atoms with Gasteiger partial charge in [-0.05, 0) is 44.9 Å². The topological polar surface area (TPSA) is 38.3 Å². The van der Waals surface area contributed by atoms with Crippen molar-refractivity contribution in [3.05, 3.63) is 40.4 Å². The third-order valence-electron chi connectivity index (χ3n) is 2.27. The van der Waals surface area contributed by atoms with Crippen molar-refractivity contribution in [1.82, 2.24) is 5.32 Å². The van der Waals surface area contributed by atoms with Crippen molar-refractivity contribution in [3.8, 4) is 0 Å². The molecule has 1 rings (SSSR count). The van der Waals surface area contributed by atoms with Crippen molar-refractivity contribution >= 4 is 23.8 Å². The van der Waals surface area contributed by atoms with E-state index < -0.39 is 11.7 Å². The molecule has 0 aromatic heterocycles. The van der Waals surface area contributed by atoms with Gasteiger partial charge in [-0.3, -0.25) is 0 Å². The van der Waals surface area contributed by atoms with Crippen molar-refractivity contribution in [2.24, 2.45) is 0 Å². The van der Waals surface area contributed by atoms with Gasteiger partial charge < -0.3 is 10.1 Å². The van der Waals surface area contributed by atoms with Gasteiger partial charge in [-0.15, -0.1) is 0 Å². The molecule has 0 atom stereocenters. The number of alkyl carbamates (subject to hydrolysis) is 1. The first-order valence-corrected chi connectivity index (χ1v) is 6.55. The summed E-state index contributed by atoms with van der Waals surface area (Å²) in [5, 5.41) is 3.39. The predicted molar refractivity (Wildman–Crippen MR) is 79.5 cm³/mol. The summed E-state index contributed by atoms with van der Waals surface area (Å²) in [6.45, 7) is 7.87. The minimum Gasteiger partial charge on any atom is -0.444 e. The maximum atomic E-state index is 11.4. The fourth-order valence-corrected chi connectivity index (χ4v) is 1.55. The van der Waals surface area contributed by atoms with Gasteiger partial charge >= 0.3 is 6.09 Å². The second-order valence-electron chi connectivity index (χ2n) is 5.29. The lowest BCUT2D eigenvalue weighted by atomic mass is 10.1. The summed E-state index contributed by atoms with van der Waals surface area (Å²) in [6, 6.07) is 5.83. The van der Waals surface area contributed by atoms with Crippen molar-refractivity contribution in [3.63, 3.8) is 0 Å². The van der Waals surface area contributed by atoms with Gasteiger partial charge in [-0.1, -0.05) is 35.9 Å². The van der Waals surface area contributed by atoms with E-state index in [-0.39, 0.29) is 0 Å². The van der Waals surface area contributed by atoms with Crippen LogP contribution >= 0.6 is 11.6 Å². The minimum atomic E-state index is -0.474. The number of aryl methyl sites for hydroxylation is 1. The molecule has 3 nitrogen and oxygen atoms in total. The monoisotopic (exact) mass is 281 g/mol. The van der Waals surface area contributed by atoms with E-state index in [2.05, 4.69) is 5.32 Å². The van der Waals surface area contributed by atoms with E-state index in [1.165, 1.54) is 0 Å². The molecule has 0 radical (unpaired) electrons. The van der Waals surface area contributed by atoms with Crippen molar-refractivity contribution in [2.75, 3.05) is 6.54 Å². The minimum absolute atomic E-state index is 0.417. The molecule has 0 fully saturated rings. The highest BCUT2D eigenvalue weighted by atomic mass is 35.5. The van der Waals surface area contributed by atoms with E-state index in [0.29, 0.717) is 6.54 Å². The standard InChI is InChI=1S/C15H20ClNO2/c1-11-7-8-12(10-13(11)16)6-5-9-17-14(18)19-15(2,3)4/h5-8,10H,9H2,1-4H3,(H,17,18). The normalized spacial score (nSPS) is 11.6. The highest BCUT2D eigenvalue weighted by molar-refractivity contribution is 6.31. The number of benzene rings is 1. The van der Waals surface area contributed by atoms with E-state index in [0.717, 1.165) is 16.1 Å². The van der Waals surface area contributed by atoms with Crippen LogP contribution in [-0.4, -0.2) is 18.2 Å². The largest absolute Gasteiger partial charge is 0.444 e. The fraction of sp³-hybridized carbons (Fsp3) is 0.400. The molecule has 0 aliphatic carbocycles. The fourth-order valence-electron chi connectivity index (χ4n) is 1.36. The molecule has 4 heteroatoms. The maximum absolute atomic E-state index is 11.4. The molecule has 0 spiro atoms. The Morgan fingerprint density at radius 3 is 2.68 bits per heavy atom. The third kappa shape index (κ3) is 6.30. The van der Waals surface area contributed by atoms with Gasteiger partial charge in [0.25, 0.3) is 0 Å². The molecule has 0 bridgehead atoms. The van der Waals surface area contributed by atoms with E-state index in [9.17, 15) is 4.79 Å². The average Bonchev–Trinajstić information content (AvgIpc) is 2.27. The zero-order chi connectivity index (χ0) is 14.5. The van der Waals surface area contributed by atoms with E-state index in [1.807, 2.05) is 58.0 Å². The molecule has 1 aromatic rings. The van der Waals surface area contributed by atoms with E-state index in [4.69, 9.17) is 16.3 Å². The second kappa shape index (κ2) is 6.62. The zero-order valence-electron chi connectivity index (χ0n) is 11.8. The Labute approximate surface area is 119 Å².